The molecule has 8 rings (SSSR count). The quantitative estimate of drug-likeness (QED) is 0.404. The molecular formula is C33H36N4O5. The van der Waals surface area contributed by atoms with E-state index in [0.717, 1.165) is 31.5 Å². The number of allylic oxidation sites excluding steroid dienone is 2. The number of hydrogen-bond donors (Lipinski definition) is 0. The van der Waals surface area contributed by atoms with Gasteiger partial charge in [0.05, 0.1) is 29.0 Å². The van der Waals surface area contributed by atoms with Gasteiger partial charge in [0.2, 0.25) is 5.91 Å². The average molecular weight is 569 g/mol. The maximum absolute atomic E-state index is 13.8. The van der Waals surface area contributed by atoms with Crippen molar-refractivity contribution in [3.8, 4) is 0 Å². The average Bonchev–Trinajstić information content (AvgIpc) is 3.26. The smallest absolute Gasteiger partial charge is 0.289 e. The Bertz CT molecular complexity index is 1490. The highest BCUT2D eigenvalue weighted by molar-refractivity contribution is 6.23. The summed E-state index contributed by atoms with van der Waals surface area (Å²) >= 11 is 0. The molecule has 4 amide bonds. The molecule has 2 saturated heterocycles. The molecule has 218 valence electrons. The van der Waals surface area contributed by atoms with Gasteiger partial charge in [0.25, 0.3) is 17.7 Å². The van der Waals surface area contributed by atoms with Gasteiger partial charge >= 0.3 is 0 Å². The van der Waals surface area contributed by atoms with E-state index >= 15 is 0 Å². The Hall–Kier alpha value is -3.88. The van der Waals surface area contributed by atoms with Crippen LogP contribution in [-0.4, -0.2) is 84.1 Å². The summed E-state index contributed by atoms with van der Waals surface area (Å²) in [5.74, 6) is 1.16. The Labute approximate surface area is 245 Å². The molecule has 4 fully saturated rings. The van der Waals surface area contributed by atoms with E-state index in [1.54, 1.807) is 23.1 Å². The second-order valence-corrected chi connectivity index (χ2v) is 13.0. The number of piperidine rings is 1. The maximum atomic E-state index is 13.8. The summed E-state index contributed by atoms with van der Waals surface area (Å²) in [4.78, 5) is 60.8. The van der Waals surface area contributed by atoms with Crippen molar-refractivity contribution in [2.45, 2.75) is 32.1 Å². The minimum Gasteiger partial charge on any atom is -0.459 e. The molecule has 0 unspecified atom stereocenters. The fraction of sp³-hybridized carbons (Fsp3) is 0.515. The van der Waals surface area contributed by atoms with E-state index in [2.05, 4.69) is 17.1 Å². The molecule has 2 aromatic rings. The van der Waals surface area contributed by atoms with Crippen LogP contribution in [0.5, 0.6) is 0 Å². The largest absolute Gasteiger partial charge is 0.459 e. The topological polar surface area (TPSA) is 94.4 Å². The lowest BCUT2D eigenvalue weighted by molar-refractivity contribution is -0.137. The molecule has 6 aliphatic rings. The van der Waals surface area contributed by atoms with Crippen molar-refractivity contribution in [2.75, 3.05) is 50.7 Å². The molecule has 42 heavy (non-hydrogen) atoms. The van der Waals surface area contributed by atoms with Gasteiger partial charge in [-0.2, -0.15) is 0 Å². The maximum Gasteiger partial charge on any atom is 0.289 e. The van der Waals surface area contributed by atoms with Crippen molar-refractivity contribution in [3.63, 3.8) is 0 Å². The number of anilines is 1. The number of carbonyl (C=O) groups excluding carboxylic acids is 4. The van der Waals surface area contributed by atoms with Crippen LogP contribution in [0.15, 0.2) is 53.2 Å². The first-order chi connectivity index (χ1) is 20.4. The van der Waals surface area contributed by atoms with Crippen molar-refractivity contribution >= 4 is 29.3 Å². The number of fused-ring (bicyclic) bond motifs is 1. The Morgan fingerprint density at radius 3 is 2.48 bits per heavy atom. The summed E-state index contributed by atoms with van der Waals surface area (Å²) in [7, 11) is 0. The van der Waals surface area contributed by atoms with Crippen molar-refractivity contribution in [2.24, 2.45) is 29.1 Å². The van der Waals surface area contributed by atoms with Crippen molar-refractivity contribution in [1.29, 1.82) is 0 Å². The van der Waals surface area contributed by atoms with Crippen LogP contribution in [0.2, 0.25) is 0 Å². The molecule has 4 atom stereocenters. The van der Waals surface area contributed by atoms with Crippen LogP contribution in [0.1, 0.15) is 63.4 Å². The second-order valence-electron chi connectivity index (χ2n) is 13.0. The summed E-state index contributed by atoms with van der Waals surface area (Å²) in [5.41, 5.74) is 2.18. The number of amides is 4. The summed E-state index contributed by atoms with van der Waals surface area (Å²) in [6, 6.07) is 8.93. The predicted molar refractivity (Wildman–Crippen MR) is 154 cm³/mol. The van der Waals surface area contributed by atoms with Gasteiger partial charge in [-0.15, -0.1) is 0 Å². The van der Waals surface area contributed by atoms with Crippen LogP contribution < -0.4 is 4.90 Å². The first kappa shape index (κ1) is 25.8. The fourth-order valence-corrected chi connectivity index (χ4v) is 8.65. The van der Waals surface area contributed by atoms with Gasteiger partial charge in [-0.05, 0) is 79.5 Å². The molecule has 0 radical (unpaired) electrons. The minimum absolute atomic E-state index is 0.0970. The molecule has 9 nitrogen and oxygen atoms in total. The number of benzene rings is 1. The van der Waals surface area contributed by atoms with Crippen LogP contribution in [0, 0.1) is 29.1 Å². The second kappa shape index (κ2) is 9.57. The van der Waals surface area contributed by atoms with Crippen LogP contribution in [0.25, 0.3) is 0 Å². The van der Waals surface area contributed by atoms with E-state index in [9.17, 15) is 19.2 Å². The third-order valence-corrected chi connectivity index (χ3v) is 11.0. The summed E-state index contributed by atoms with van der Waals surface area (Å²) in [5, 5.41) is 0. The normalized spacial score (nSPS) is 29.1. The fourth-order valence-electron chi connectivity index (χ4n) is 8.65. The first-order valence-electron chi connectivity index (χ1n) is 15.5. The standard InChI is InChI=1S/C33H36N4O5/c38-29(34-13-15-35(16-14-34)31(40)27-7-3-17-42-27)21-4-2-12-36(19-21)26-6-1-5-24-28(26)32(41)37(30(24)39)20-22-18-23-8-9-25(22)33(23)10-11-33/h1,3,5-9,17,21-23,25H,2,4,10-16,18-20H2/t21-,22-,23-,25-/m1/s1. The number of imide groups is 1. The van der Waals surface area contributed by atoms with Gasteiger partial charge in [0.15, 0.2) is 5.76 Å². The van der Waals surface area contributed by atoms with Gasteiger partial charge in [0.1, 0.15) is 0 Å². The van der Waals surface area contributed by atoms with Gasteiger partial charge in [-0.3, -0.25) is 24.1 Å². The summed E-state index contributed by atoms with van der Waals surface area (Å²) in [6.45, 7) is 3.68. The first-order valence-corrected chi connectivity index (χ1v) is 15.5. The molecule has 9 heteroatoms. The van der Waals surface area contributed by atoms with Crippen LogP contribution >= 0.6 is 0 Å². The highest BCUT2D eigenvalue weighted by Crippen LogP contribution is 2.70. The molecule has 3 aliphatic heterocycles. The lowest BCUT2D eigenvalue weighted by atomic mass is 9.88. The van der Waals surface area contributed by atoms with Crippen LogP contribution in [-0.2, 0) is 4.79 Å². The van der Waals surface area contributed by atoms with Crippen molar-refractivity contribution < 1.29 is 23.6 Å². The lowest BCUT2D eigenvalue weighted by Gasteiger charge is -2.39. The summed E-state index contributed by atoms with van der Waals surface area (Å²) < 4.78 is 5.25. The van der Waals surface area contributed by atoms with Crippen molar-refractivity contribution in [1.82, 2.24) is 14.7 Å². The highest BCUT2D eigenvalue weighted by atomic mass is 16.3. The van der Waals surface area contributed by atoms with Gasteiger partial charge in [0, 0.05) is 45.8 Å². The zero-order chi connectivity index (χ0) is 28.6. The highest BCUT2D eigenvalue weighted by Gasteiger charge is 2.63. The molecule has 0 N–H and O–H groups in total. The van der Waals surface area contributed by atoms with E-state index in [0.29, 0.717) is 79.3 Å². The molecule has 2 bridgehead atoms. The summed E-state index contributed by atoms with van der Waals surface area (Å²) in [6.07, 6.45) is 11.4. The molecular weight excluding hydrogens is 532 g/mol. The molecule has 4 heterocycles. The number of piperazine rings is 1. The monoisotopic (exact) mass is 568 g/mol. The van der Waals surface area contributed by atoms with E-state index in [1.807, 2.05) is 17.0 Å². The third-order valence-electron chi connectivity index (χ3n) is 11.0. The third kappa shape index (κ3) is 3.88. The van der Waals surface area contributed by atoms with E-state index in [4.69, 9.17) is 4.42 Å². The molecule has 1 spiro atoms. The molecule has 3 aliphatic carbocycles. The van der Waals surface area contributed by atoms with E-state index in [-0.39, 0.29) is 29.5 Å². The van der Waals surface area contributed by atoms with Gasteiger partial charge in [-0.25, -0.2) is 0 Å². The Morgan fingerprint density at radius 2 is 1.74 bits per heavy atom. The Balaban J connectivity index is 0.943. The SMILES string of the molecule is O=C(c1ccco1)N1CCN(C(=O)[C@@H]2CCCN(c3cccc4c3C(=O)N(C[C@H]3C[C@H]5C=C[C@H]3C53CC3)C4=O)C2)CC1. The number of furan rings is 1. The van der Waals surface area contributed by atoms with E-state index < -0.39 is 0 Å². The zero-order valence-corrected chi connectivity index (χ0v) is 23.7. The number of carbonyl (C=O) groups is 4. The number of nitrogens with zero attached hydrogens (tertiary/aromatic N) is 4. The molecule has 1 aromatic heterocycles. The Morgan fingerprint density at radius 1 is 0.929 bits per heavy atom. The predicted octanol–water partition coefficient (Wildman–Crippen LogP) is 3.68. The van der Waals surface area contributed by atoms with Gasteiger partial charge < -0.3 is 19.1 Å². The number of rotatable bonds is 5. The van der Waals surface area contributed by atoms with Gasteiger partial charge in [-0.1, -0.05) is 18.2 Å². The lowest BCUT2D eigenvalue weighted by Crippen LogP contribution is -2.53. The number of hydrogen-bond acceptors (Lipinski definition) is 6. The van der Waals surface area contributed by atoms with Crippen LogP contribution in [0.4, 0.5) is 5.69 Å². The minimum atomic E-state index is -0.194. The Kier molecular flexibility index (Phi) is 5.88. The van der Waals surface area contributed by atoms with Crippen molar-refractivity contribution in [3.05, 3.63) is 65.6 Å². The molecule has 2 saturated carbocycles. The van der Waals surface area contributed by atoms with Crippen LogP contribution in [0.3, 0.4) is 0 Å². The molecule has 1 aromatic carbocycles. The zero-order valence-electron chi connectivity index (χ0n) is 23.7. The van der Waals surface area contributed by atoms with E-state index in [1.165, 1.54) is 24.0 Å².